The first-order valence-corrected chi connectivity index (χ1v) is 7.83. The summed E-state index contributed by atoms with van der Waals surface area (Å²) in [6, 6.07) is 16.5. The lowest BCUT2D eigenvalue weighted by molar-refractivity contribution is 0.101. The molecule has 0 aliphatic rings. The van der Waals surface area contributed by atoms with E-state index in [0.717, 1.165) is 15.8 Å². The molecule has 1 amide bonds. The summed E-state index contributed by atoms with van der Waals surface area (Å²) in [4.78, 5) is 12.6. The van der Waals surface area contributed by atoms with Gasteiger partial charge in [-0.25, -0.2) is 8.78 Å². The van der Waals surface area contributed by atoms with E-state index in [0.29, 0.717) is 5.69 Å². The second kappa shape index (κ2) is 7.03. The summed E-state index contributed by atoms with van der Waals surface area (Å²) in [6.45, 7) is 0. The van der Waals surface area contributed by atoms with Gasteiger partial charge in [0.25, 0.3) is 12.3 Å². The van der Waals surface area contributed by atoms with Crippen LogP contribution in [0.1, 0.15) is 22.5 Å². The fourth-order valence-corrected chi connectivity index (χ4v) is 2.75. The molecular formula is C18H14ClF2N3O. The number of hydrogen-bond acceptors (Lipinski definition) is 2. The first-order valence-electron chi connectivity index (χ1n) is 7.45. The maximum absolute atomic E-state index is 13.1. The number of carbonyl (C=O) groups is 1. The number of nitrogens with one attached hydrogen (secondary N) is 1. The molecule has 1 heterocycles. The zero-order valence-corrected chi connectivity index (χ0v) is 14.0. The topological polar surface area (TPSA) is 46.9 Å². The molecule has 25 heavy (non-hydrogen) atoms. The number of amides is 1. The Bertz CT molecular complexity index is 910. The molecule has 128 valence electrons. The molecule has 7 heteroatoms. The predicted molar refractivity (Wildman–Crippen MR) is 93.0 cm³/mol. The van der Waals surface area contributed by atoms with Crippen LogP contribution in [0.4, 0.5) is 14.5 Å². The lowest BCUT2D eigenvalue weighted by Gasteiger charge is -2.11. The number of para-hydroxylation sites is 1. The Morgan fingerprint density at radius 1 is 1.12 bits per heavy atom. The maximum atomic E-state index is 13.1. The summed E-state index contributed by atoms with van der Waals surface area (Å²) in [6.07, 6.45) is -2.90. The van der Waals surface area contributed by atoms with E-state index in [1.165, 1.54) is 7.05 Å². The average molecular weight is 362 g/mol. The number of hydrogen-bond donors (Lipinski definition) is 1. The third kappa shape index (κ3) is 3.39. The Hall–Kier alpha value is -2.73. The highest BCUT2D eigenvalue weighted by atomic mass is 35.5. The number of alkyl halides is 2. The molecule has 0 bridgehead atoms. The zero-order chi connectivity index (χ0) is 18.0. The molecular weight excluding hydrogens is 348 g/mol. The van der Waals surface area contributed by atoms with Crippen LogP contribution in [0, 0.1) is 0 Å². The van der Waals surface area contributed by atoms with E-state index in [4.69, 9.17) is 11.6 Å². The van der Waals surface area contributed by atoms with E-state index in [9.17, 15) is 13.6 Å². The van der Waals surface area contributed by atoms with Gasteiger partial charge in [-0.05, 0) is 11.6 Å². The molecule has 0 aliphatic heterocycles. The largest absolute Gasteiger partial charge is 0.321 e. The molecule has 3 rings (SSSR count). The van der Waals surface area contributed by atoms with Crippen molar-refractivity contribution in [1.29, 1.82) is 0 Å². The van der Waals surface area contributed by atoms with E-state index >= 15 is 0 Å². The first kappa shape index (κ1) is 17.1. The Balaban J connectivity index is 1.99. The third-order valence-corrected chi connectivity index (χ3v) is 4.13. The van der Waals surface area contributed by atoms with Crippen molar-refractivity contribution in [3.63, 3.8) is 0 Å². The lowest BCUT2D eigenvalue weighted by Crippen LogP contribution is -2.14. The molecule has 0 saturated carbocycles. The minimum absolute atomic E-state index is 0.134. The van der Waals surface area contributed by atoms with Crippen molar-refractivity contribution < 1.29 is 13.6 Å². The first-order chi connectivity index (χ1) is 12.0. The van der Waals surface area contributed by atoms with Gasteiger partial charge in [0.15, 0.2) is 0 Å². The number of nitrogens with zero attached hydrogens (tertiary/aromatic N) is 2. The van der Waals surface area contributed by atoms with Gasteiger partial charge in [-0.15, -0.1) is 0 Å². The smallest absolute Gasteiger partial charge is 0.283 e. The lowest BCUT2D eigenvalue weighted by atomic mass is 10.0. The van der Waals surface area contributed by atoms with Crippen LogP contribution in [0.2, 0.25) is 5.15 Å². The summed E-state index contributed by atoms with van der Waals surface area (Å²) >= 11 is 5.98. The van der Waals surface area contributed by atoms with Crippen LogP contribution in [-0.4, -0.2) is 15.7 Å². The van der Waals surface area contributed by atoms with E-state index in [1.54, 1.807) is 12.1 Å². The summed E-state index contributed by atoms with van der Waals surface area (Å²) in [7, 11) is 1.41. The van der Waals surface area contributed by atoms with Gasteiger partial charge < -0.3 is 5.32 Å². The van der Waals surface area contributed by atoms with Gasteiger partial charge in [0.1, 0.15) is 16.4 Å². The summed E-state index contributed by atoms with van der Waals surface area (Å²) in [5.41, 5.74) is 1.21. The van der Waals surface area contributed by atoms with E-state index in [-0.39, 0.29) is 10.7 Å². The third-order valence-electron chi connectivity index (χ3n) is 3.70. The Kier molecular flexibility index (Phi) is 4.81. The average Bonchev–Trinajstić information content (AvgIpc) is 2.92. The Labute approximate surface area is 148 Å². The molecule has 2 aromatic carbocycles. The molecule has 0 atom stereocenters. The fraction of sp³-hybridized carbons (Fsp3) is 0.111. The number of benzene rings is 2. The molecule has 1 aromatic heterocycles. The van der Waals surface area contributed by atoms with Crippen LogP contribution in [0.15, 0.2) is 54.6 Å². The minimum atomic E-state index is -2.90. The number of anilines is 1. The van der Waals surface area contributed by atoms with Gasteiger partial charge in [-0.2, -0.15) is 5.10 Å². The standard InChI is InChI=1S/C18H14ClF2N3O/c1-24-16(19)14(15(23-24)17(20)21)18(25)22-13-10-6-5-9-12(13)11-7-3-2-4-8-11/h2-10,17H,1H3,(H,22,25). The monoisotopic (exact) mass is 361 g/mol. The number of rotatable bonds is 4. The van der Waals surface area contributed by atoms with E-state index in [2.05, 4.69) is 10.4 Å². The van der Waals surface area contributed by atoms with Gasteiger partial charge >= 0.3 is 0 Å². The van der Waals surface area contributed by atoms with Gasteiger partial charge in [-0.3, -0.25) is 9.48 Å². The summed E-state index contributed by atoms with van der Waals surface area (Å²) in [5.74, 6) is -0.725. The highest BCUT2D eigenvalue weighted by Gasteiger charge is 2.27. The summed E-state index contributed by atoms with van der Waals surface area (Å²) < 4.78 is 27.4. The van der Waals surface area contributed by atoms with Crippen molar-refractivity contribution in [3.05, 3.63) is 71.0 Å². The Morgan fingerprint density at radius 2 is 1.76 bits per heavy atom. The van der Waals surface area contributed by atoms with Crippen LogP contribution in [0.25, 0.3) is 11.1 Å². The van der Waals surface area contributed by atoms with Gasteiger partial charge in [0.05, 0.1) is 0 Å². The van der Waals surface area contributed by atoms with E-state index < -0.39 is 18.0 Å². The molecule has 4 nitrogen and oxygen atoms in total. The van der Waals surface area contributed by atoms with Crippen molar-refractivity contribution >= 4 is 23.2 Å². The number of halogens is 3. The van der Waals surface area contributed by atoms with Crippen LogP contribution in [-0.2, 0) is 7.05 Å². The van der Waals surface area contributed by atoms with Crippen molar-refractivity contribution in [2.45, 2.75) is 6.43 Å². The maximum Gasteiger partial charge on any atom is 0.283 e. The van der Waals surface area contributed by atoms with Crippen LogP contribution in [0.3, 0.4) is 0 Å². The predicted octanol–water partition coefficient (Wildman–Crippen LogP) is 4.93. The number of aryl methyl sites for hydroxylation is 1. The quantitative estimate of drug-likeness (QED) is 0.716. The molecule has 0 unspecified atom stereocenters. The molecule has 0 radical (unpaired) electrons. The van der Waals surface area contributed by atoms with E-state index in [1.807, 2.05) is 42.5 Å². The highest BCUT2D eigenvalue weighted by molar-refractivity contribution is 6.33. The normalized spacial score (nSPS) is 10.9. The van der Waals surface area contributed by atoms with Gasteiger partial charge in [0.2, 0.25) is 0 Å². The minimum Gasteiger partial charge on any atom is -0.321 e. The van der Waals surface area contributed by atoms with Crippen molar-refractivity contribution in [3.8, 4) is 11.1 Å². The van der Waals surface area contributed by atoms with Crippen LogP contribution < -0.4 is 5.32 Å². The van der Waals surface area contributed by atoms with Crippen molar-refractivity contribution in [2.24, 2.45) is 7.05 Å². The zero-order valence-electron chi connectivity index (χ0n) is 13.2. The summed E-state index contributed by atoms with van der Waals surface area (Å²) in [5, 5.41) is 6.16. The fourth-order valence-electron chi connectivity index (χ4n) is 2.53. The van der Waals surface area contributed by atoms with Gasteiger partial charge in [-0.1, -0.05) is 60.1 Å². The van der Waals surface area contributed by atoms with Crippen LogP contribution in [0.5, 0.6) is 0 Å². The second-order valence-corrected chi connectivity index (χ2v) is 5.70. The van der Waals surface area contributed by atoms with Gasteiger partial charge in [0, 0.05) is 18.3 Å². The van der Waals surface area contributed by atoms with Crippen LogP contribution >= 0.6 is 11.6 Å². The molecule has 0 saturated heterocycles. The molecule has 0 fully saturated rings. The number of aromatic nitrogens is 2. The molecule has 1 N–H and O–H groups in total. The number of carbonyl (C=O) groups excluding carboxylic acids is 1. The van der Waals surface area contributed by atoms with Crippen molar-refractivity contribution in [2.75, 3.05) is 5.32 Å². The molecule has 0 aliphatic carbocycles. The molecule has 3 aromatic rings. The second-order valence-electron chi connectivity index (χ2n) is 5.34. The van der Waals surface area contributed by atoms with Crippen molar-refractivity contribution in [1.82, 2.24) is 9.78 Å². The highest BCUT2D eigenvalue weighted by Crippen LogP contribution is 2.31. The Morgan fingerprint density at radius 3 is 2.44 bits per heavy atom. The SMILES string of the molecule is Cn1nc(C(F)F)c(C(=O)Nc2ccccc2-c2ccccc2)c1Cl. The molecule has 0 spiro atoms.